The lowest BCUT2D eigenvalue weighted by Crippen LogP contribution is -2.32. The molecule has 1 atom stereocenters. The van der Waals surface area contributed by atoms with Crippen molar-refractivity contribution in [2.45, 2.75) is 45.2 Å². The molecule has 2 rings (SSSR count). The molecule has 1 aromatic rings. The van der Waals surface area contributed by atoms with Gasteiger partial charge in [-0.15, -0.1) is 5.10 Å². The minimum atomic E-state index is 0.180. The molecule has 3 N–H and O–H groups in total. The largest absolute Gasteiger partial charge is 0.271 e. The standard InChI is InChI=1S/C12H23N5S/c1-2-5-17-12(9-14-16-17)11(15-13)8-10-3-6-18-7-4-10/h9-11,15H,2-8,13H2,1H3. The molecule has 2 heterocycles. The molecule has 18 heavy (non-hydrogen) atoms. The predicted octanol–water partition coefficient (Wildman–Crippen LogP) is 1.73. The molecule has 6 heteroatoms. The summed E-state index contributed by atoms with van der Waals surface area (Å²) in [7, 11) is 0. The van der Waals surface area contributed by atoms with Gasteiger partial charge in [0.05, 0.1) is 17.9 Å². The average Bonchev–Trinajstić information content (AvgIpc) is 2.86. The van der Waals surface area contributed by atoms with Crippen LogP contribution < -0.4 is 11.3 Å². The second kappa shape index (κ2) is 7.11. The topological polar surface area (TPSA) is 68.8 Å². The van der Waals surface area contributed by atoms with E-state index in [1.165, 1.54) is 24.3 Å². The van der Waals surface area contributed by atoms with E-state index >= 15 is 0 Å². The summed E-state index contributed by atoms with van der Waals surface area (Å²) in [5.41, 5.74) is 4.07. The molecule has 5 nitrogen and oxygen atoms in total. The van der Waals surface area contributed by atoms with E-state index in [-0.39, 0.29) is 6.04 Å². The summed E-state index contributed by atoms with van der Waals surface area (Å²) in [6.07, 6.45) is 6.61. The molecule has 0 aliphatic carbocycles. The van der Waals surface area contributed by atoms with Crippen LogP contribution in [0.4, 0.5) is 0 Å². The molecular formula is C12H23N5S. The van der Waals surface area contributed by atoms with Crippen molar-refractivity contribution in [3.8, 4) is 0 Å². The summed E-state index contributed by atoms with van der Waals surface area (Å²) in [6.45, 7) is 3.06. The van der Waals surface area contributed by atoms with Gasteiger partial charge in [0.25, 0.3) is 0 Å². The Bertz CT molecular complexity index is 348. The smallest absolute Gasteiger partial charge is 0.0770 e. The summed E-state index contributed by atoms with van der Waals surface area (Å²) in [4.78, 5) is 0. The first kappa shape index (κ1) is 13.8. The lowest BCUT2D eigenvalue weighted by molar-refractivity contribution is 0.356. The van der Waals surface area contributed by atoms with Crippen molar-refractivity contribution in [3.63, 3.8) is 0 Å². The highest BCUT2D eigenvalue weighted by molar-refractivity contribution is 7.99. The SMILES string of the molecule is CCCn1nncc1C(CC1CCSCC1)NN. The van der Waals surface area contributed by atoms with Gasteiger partial charge in [0.2, 0.25) is 0 Å². The maximum Gasteiger partial charge on any atom is 0.0770 e. The van der Waals surface area contributed by atoms with Crippen molar-refractivity contribution in [1.82, 2.24) is 20.4 Å². The van der Waals surface area contributed by atoms with Crippen LogP contribution in [0.15, 0.2) is 6.20 Å². The fraction of sp³-hybridized carbons (Fsp3) is 0.833. The number of nitrogens with zero attached hydrogens (tertiary/aromatic N) is 3. The van der Waals surface area contributed by atoms with E-state index in [1.807, 2.05) is 10.9 Å². The number of rotatable bonds is 6. The van der Waals surface area contributed by atoms with Gasteiger partial charge in [-0.05, 0) is 43.1 Å². The van der Waals surface area contributed by atoms with Gasteiger partial charge in [-0.2, -0.15) is 11.8 Å². The molecule has 0 amide bonds. The van der Waals surface area contributed by atoms with Crippen molar-refractivity contribution < 1.29 is 0 Å². The predicted molar refractivity (Wildman–Crippen MR) is 75.0 cm³/mol. The molecule has 0 saturated carbocycles. The molecular weight excluding hydrogens is 246 g/mol. The first-order chi connectivity index (χ1) is 8.85. The first-order valence-corrected chi connectivity index (χ1v) is 7.92. The van der Waals surface area contributed by atoms with Crippen molar-refractivity contribution >= 4 is 11.8 Å². The number of hydrogen-bond donors (Lipinski definition) is 2. The zero-order valence-corrected chi connectivity index (χ0v) is 11.8. The molecule has 1 aromatic heterocycles. The van der Waals surface area contributed by atoms with Crippen LogP contribution in [0.1, 0.15) is 44.3 Å². The van der Waals surface area contributed by atoms with E-state index in [1.54, 1.807) is 0 Å². The monoisotopic (exact) mass is 269 g/mol. The molecule has 1 saturated heterocycles. The lowest BCUT2D eigenvalue weighted by Gasteiger charge is -2.26. The third-order valence-corrected chi connectivity index (χ3v) is 4.60. The normalized spacial score (nSPS) is 19.0. The van der Waals surface area contributed by atoms with E-state index < -0.39 is 0 Å². The van der Waals surface area contributed by atoms with Gasteiger partial charge in [0, 0.05) is 6.54 Å². The number of hydrogen-bond acceptors (Lipinski definition) is 5. The van der Waals surface area contributed by atoms with Crippen LogP contribution in [0.25, 0.3) is 0 Å². The summed E-state index contributed by atoms with van der Waals surface area (Å²) in [5, 5.41) is 8.15. The Morgan fingerprint density at radius 3 is 3.00 bits per heavy atom. The molecule has 1 aliphatic heterocycles. The number of hydrazine groups is 1. The van der Waals surface area contributed by atoms with Gasteiger partial charge in [0.1, 0.15) is 0 Å². The Morgan fingerprint density at radius 1 is 1.56 bits per heavy atom. The van der Waals surface area contributed by atoms with Crippen LogP contribution in [0.5, 0.6) is 0 Å². The minimum Gasteiger partial charge on any atom is -0.271 e. The molecule has 0 aromatic carbocycles. The highest BCUT2D eigenvalue weighted by Gasteiger charge is 2.22. The van der Waals surface area contributed by atoms with Crippen molar-refractivity contribution in [1.29, 1.82) is 0 Å². The van der Waals surface area contributed by atoms with Crippen LogP contribution in [-0.4, -0.2) is 26.5 Å². The summed E-state index contributed by atoms with van der Waals surface area (Å²) in [6, 6.07) is 0.180. The van der Waals surface area contributed by atoms with Gasteiger partial charge < -0.3 is 0 Å². The fourth-order valence-electron chi connectivity index (χ4n) is 2.51. The van der Waals surface area contributed by atoms with Crippen LogP contribution >= 0.6 is 11.8 Å². The highest BCUT2D eigenvalue weighted by Crippen LogP contribution is 2.30. The Labute approximate surface area is 113 Å². The first-order valence-electron chi connectivity index (χ1n) is 6.77. The van der Waals surface area contributed by atoms with Gasteiger partial charge >= 0.3 is 0 Å². The van der Waals surface area contributed by atoms with Crippen molar-refractivity contribution in [2.24, 2.45) is 11.8 Å². The van der Waals surface area contributed by atoms with E-state index in [2.05, 4.69) is 34.4 Å². The van der Waals surface area contributed by atoms with Crippen molar-refractivity contribution in [3.05, 3.63) is 11.9 Å². The molecule has 1 aliphatic rings. The second-order valence-electron chi connectivity index (χ2n) is 4.89. The van der Waals surface area contributed by atoms with Crippen LogP contribution in [0.2, 0.25) is 0 Å². The van der Waals surface area contributed by atoms with Crippen LogP contribution in [0, 0.1) is 5.92 Å². The lowest BCUT2D eigenvalue weighted by atomic mass is 9.93. The fourth-order valence-corrected chi connectivity index (χ4v) is 3.71. The Morgan fingerprint density at radius 2 is 2.33 bits per heavy atom. The molecule has 1 fully saturated rings. The van der Waals surface area contributed by atoms with E-state index in [0.29, 0.717) is 0 Å². The molecule has 0 bridgehead atoms. The quantitative estimate of drug-likeness (QED) is 0.608. The number of aryl methyl sites for hydroxylation is 1. The van der Waals surface area contributed by atoms with E-state index in [4.69, 9.17) is 5.84 Å². The van der Waals surface area contributed by atoms with Crippen LogP contribution in [0.3, 0.4) is 0 Å². The Balaban J connectivity index is 2.00. The number of nitrogens with two attached hydrogens (primary N) is 1. The van der Waals surface area contributed by atoms with Crippen LogP contribution in [-0.2, 0) is 6.54 Å². The summed E-state index contributed by atoms with van der Waals surface area (Å²) in [5.74, 6) is 9.07. The van der Waals surface area contributed by atoms with Gasteiger partial charge in [0.15, 0.2) is 0 Å². The molecule has 0 radical (unpaired) electrons. The van der Waals surface area contributed by atoms with E-state index in [9.17, 15) is 0 Å². The van der Waals surface area contributed by atoms with E-state index in [0.717, 1.165) is 31.0 Å². The third kappa shape index (κ3) is 3.46. The van der Waals surface area contributed by atoms with Gasteiger partial charge in [-0.1, -0.05) is 12.1 Å². The highest BCUT2D eigenvalue weighted by atomic mass is 32.2. The summed E-state index contributed by atoms with van der Waals surface area (Å²) >= 11 is 2.06. The van der Waals surface area contributed by atoms with Gasteiger partial charge in [-0.25, -0.2) is 4.68 Å². The minimum absolute atomic E-state index is 0.180. The molecule has 1 unspecified atom stereocenters. The van der Waals surface area contributed by atoms with Gasteiger partial charge in [-0.3, -0.25) is 11.3 Å². The zero-order valence-electron chi connectivity index (χ0n) is 11.0. The maximum atomic E-state index is 5.72. The Hall–Kier alpha value is -0.590. The molecule has 0 spiro atoms. The number of nitrogens with one attached hydrogen (secondary N) is 1. The van der Waals surface area contributed by atoms with Crippen molar-refractivity contribution in [2.75, 3.05) is 11.5 Å². The summed E-state index contributed by atoms with van der Waals surface area (Å²) < 4.78 is 1.97. The molecule has 102 valence electrons. The Kier molecular flexibility index (Phi) is 5.46. The third-order valence-electron chi connectivity index (χ3n) is 3.55. The number of aromatic nitrogens is 3. The average molecular weight is 269 g/mol. The zero-order chi connectivity index (χ0) is 12.8. The maximum absolute atomic E-state index is 5.72. The second-order valence-corrected chi connectivity index (χ2v) is 6.12. The number of thioether (sulfide) groups is 1.